The van der Waals surface area contributed by atoms with Gasteiger partial charge in [0.05, 0.1) is 0 Å². The molecule has 2 heterocycles. The van der Waals surface area contributed by atoms with E-state index in [0.717, 1.165) is 38.6 Å². The molecule has 0 saturated carbocycles. The van der Waals surface area contributed by atoms with Crippen molar-refractivity contribution in [2.24, 2.45) is 0 Å². The zero-order valence-corrected chi connectivity index (χ0v) is 12.1. The lowest BCUT2D eigenvalue weighted by Crippen LogP contribution is -2.47. The highest BCUT2D eigenvalue weighted by atomic mass is 32.2. The van der Waals surface area contributed by atoms with Crippen LogP contribution in [-0.4, -0.2) is 55.8 Å². The minimum absolute atomic E-state index is 0.342. The Labute approximate surface area is 111 Å². The maximum absolute atomic E-state index is 12.5. The van der Waals surface area contributed by atoms with Crippen LogP contribution >= 0.6 is 0 Å². The topological polar surface area (TPSA) is 52.7 Å². The molecule has 1 unspecified atom stereocenters. The molecule has 2 fully saturated rings. The van der Waals surface area contributed by atoms with Gasteiger partial charge in [0, 0.05) is 32.2 Å². The third kappa shape index (κ3) is 3.23. The smallest absolute Gasteiger partial charge is 0.282 e. The SMILES string of the molecule is CCCN(CC1CCCN1)S(=O)(=O)N1CCCC1. The predicted octanol–water partition coefficient (Wildman–Crippen LogP) is 0.791. The molecule has 0 spiro atoms. The van der Waals surface area contributed by atoms with Crippen molar-refractivity contribution in [2.45, 2.75) is 45.1 Å². The van der Waals surface area contributed by atoms with Crippen LogP contribution < -0.4 is 5.32 Å². The van der Waals surface area contributed by atoms with Crippen LogP contribution in [0.15, 0.2) is 0 Å². The second-order valence-electron chi connectivity index (χ2n) is 5.27. The number of nitrogens with one attached hydrogen (secondary N) is 1. The van der Waals surface area contributed by atoms with Gasteiger partial charge in [-0.1, -0.05) is 6.92 Å². The summed E-state index contributed by atoms with van der Waals surface area (Å²) in [4.78, 5) is 0. The van der Waals surface area contributed by atoms with Crippen molar-refractivity contribution in [1.29, 1.82) is 0 Å². The fraction of sp³-hybridized carbons (Fsp3) is 1.00. The zero-order valence-electron chi connectivity index (χ0n) is 11.3. The third-order valence-electron chi connectivity index (χ3n) is 3.78. The van der Waals surface area contributed by atoms with E-state index in [1.165, 1.54) is 0 Å². The van der Waals surface area contributed by atoms with E-state index in [1.54, 1.807) is 8.61 Å². The fourth-order valence-electron chi connectivity index (χ4n) is 2.79. The summed E-state index contributed by atoms with van der Waals surface area (Å²) in [6.45, 7) is 5.72. The first-order valence-corrected chi connectivity index (χ1v) is 8.53. The summed E-state index contributed by atoms with van der Waals surface area (Å²) in [5.74, 6) is 0. The Bertz CT molecular complexity index is 346. The molecule has 2 aliphatic rings. The van der Waals surface area contributed by atoms with Gasteiger partial charge in [-0.2, -0.15) is 17.0 Å². The Balaban J connectivity index is 2.02. The predicted molar refractivity (Wildman–Crippen MR) is 72.6 cm³/mol. The van der Waals surface area contributed by atoms with Crippen molar-refractivity contribution in [3.8, 4) is 0 Å². The summed E-state index contributed by atoms with van der Waals surface area (Å²) in [7, 11) is -3.22. The minimum Gasteiger partial charge on any atom is -0.313 e. The van der Waals surface area contributed by atoms with E-state index in [0.29, 0.717) is 32.2 Å². The lowest BCUT2D eigenvalue weighted by molar-refractivity contribution is 0.334. The fourth-order valence-corrected chi connectivity index (χ4v) is 4.62. The Morgan fingerprint density at radius 3 is 2.56 bits per heavy atom. The molecule has 2 aliphatic heterocycles. The molecule has 0 aromatic rings. The van der Waals surface area contributed by atoms with Crippen LogP contribution in [0.25, 0.3) is 0 Å². The van der Waals surface area contributed by atoms with Crippen molar-refractivity contribution in [3.63, 3.8) is 0 Å². The van der Waals surface area contributed by atoms with Gasteiger partial charge in [0.2, 0.25) is 0 Å². The van der Waals surface area contributed by atoms with Gasteiger partial charge >= 0.3 is 0 Å². The molecule has 0 aromatic carbocycles. The van der Waals surface area contributed by atoms with Crippen LogP contribution in [0.2, 0.25) is 0 Å². The van der Waals surface area contributed by atoms with Crippen molar-refractivity contribution >= 4 is 10.2 Å². The monoisotopic (exact) mass is 275 g/mol. The number of hydrogen-bond acceptors (Lipinski definition) is 3. The molecular weight excluding hydrogens is 250 g/mol. The van der Waals surface area contributed by atoms with Crippen molar-refractivity contribution in [2.75, 3.05) is 32.7 Å². The van der Waals surface area contributed by atoms with Gasteiger partial charge in [-0.25, -0.2) is 0 Å². The highest BCUT2D eigenvalue weighted by Gasteiger charge is 2.32. The normalized spacial score (nSPS) is 26.2. The number of nitrogens with zero attached hydrogens (tertiary/aromatic N) is 2. The molecule has 18 heavy (non-hydrogen) atoms. The van der Waals surface area contributed by atoms with E-state index < -0.39 is 10.2 Å². The summed E-state index contributed by atoms with van der Waals surface area (Å²) in [5.41, 5.74) is 0. The summed E-state index contributed by atoms with van der Waals surface area (Å²) in [6.07, 6.45) is 5.13. The van der Waals surface area contributed by atoms with Gasteiger partial charge in [-0.15, -0.1) is 0 Å². The van der Waals surface area contributed by atoms with Crippen molar-refractivity contribution in [1.82, 2.24) is 13.9 Å². The molecule has 2 rings (SSSR count). The van der Waals surface area contributed by atoms with E-state index in [2.05, 4.69) is 5.32 Å². The van der Waals surface area contributed by atoms with Gasteiger partial charge in [-0.3, -0.25) is 0 Å². The molecule has 2 saturated heterocycles. The maximum Gasteiger partial charge on any atom is 0.282 e. The van der Waals surface area contributed by atoms with Crippen LogP contribution in [0.1, 0.15) is 39.0 Å². The van der Waals surface area contributed by atoms with Crippen LogP contribution in [0.4, 0.5) is 0 Å². The first-order valence-electron chi connectivity index (χ1n) is 7.13. The van der Waals surface area contributed by atoms with Gasteiger partial charge in [-0.05, 0) is 38.6 Å². The van der Waals surface area contributed by atoms with Crippen molar-refractivity contribution in [3.05, 3.63) is 0 Å². The van der Waals surface area contributed by atoms with E-state index in [9.17, 15) is 8.42 Å². The average Bonchev–Trinajstić information content (AvgIpc) is 3.01. The third-order valence-corrected chi connectivity index (χ3v) is 5.78. The Morgan fingerprint density at radius 2 is 2.00 bits per heavy atom. The first-order chi connectivity index (χ1) is 8.64. The van der Waals surface area contributed by atoms with Crippen LogP contribution in [0.3, 0.4) is 0 Å². The molecule has 0 bridgehead atoms. The zero-order chi connectivity index (χ0) is 13.0. The molecule has 5 nitrogen and oxygen atoms in total. The van der Waals surface area contributed by atoms with Crippen LogP contribution in [-0.2, 0) is 10.2 Å². The summed E-state index contributed by atoms with van der Waals surface area (Å²) >= 11 is 0. The molecule has 0 aromatic heterocycles. The molecule has 6 heteroatoms. The summed E-state index contributed by atoms with van der Waals surface area (Å²) in [6, 6.07) is 0.342. The average molecular weight is 275 g/mol. The van der Waals surface area contributed by atoms with Crippen LogP contribution in [0.5, 0.6) is 0 Å². The van der Waals surface area contributed by atoms with E-state index >= 15 is 0 Å². The second-order valence-corrected chi connectivity index (χ2v) is 7.19. The van der Waals surface area contributed by atoms with Crippen molar-refractivity contribution < 1.29 is 8.42 Å². The second kappa shape index (κ2) is 6.32. The summed E-state index contributed by atoms with van der Waals surface area (Å²) in [5, 5.41) is 3.38. The Hall–Kier alpha value is -0.170. The molecule has 0 amide bonds. The molecule has 0 aliphatic carbocycles. The Kier molecular flexibility index (Phi) is 5.00. The molecule has 1 atom stereocenters. The molecular formula is C12H25N3O2S. The lowest BCUT2D eigenvalue weighted by atomic mass is 10.2. The highest BCUT2D eigenvalue weighted by molar-refractivity contribution is 7.86. The Morgan fingerprint density at radius 1 is 1.28 bits per heavy atom. The van der Waals surface area contributed by atoms with E-state index in [4.69, 9.17) is 0 Å². The molecule has 0 radical (unpaired) electrons. The van der Waals surface area contributed by atoms with Gasteiger partial charge < -0.3 is 5.32 Å². The van der Waals surface area contributed by atoms with E-state index in [1.807, 2.05) is 6.92 Å². The maximum atomic E-state index is 12.5. The molecule has 106 valence electrons. The van der Waals surface area contributed by atoms with E-state index in [-0.39, 0.29) is 0 Å². The summed E-state index contributed by atoms with van der Waals surface area (Å²) < 4.78 is 28.4. The minimum atomic E-state index is -3.22. The van der Waals surface area contributed by atoms with Crippen LogP contribution in [0, 0.1) is 0 Å². The van der Waals surface area contributed by atoms with Gasteiger partial charge in [0.1, 0.15) is 0 Å². The number of hydrogen-bond donors (Lipinski definition) is 1. The first kappa shape index (κ1) is 14.2. The molecule has 1 N–H and O–H groups in total. The quantitative estimate of drug-likeness (QED) is 0.780. The van der Waals surface area contributed by atoms with Gasteiger partial charge in [0.25, 0.3) is 10.2 Å². The largest absolute Gasteiger partial charge is 0.313 e. The van der Waals surface area contributed by atoms with Gasteiger partial charge in [0.15, 0.2) is 0 Å². The standard InChI is InChI=1S/C12H25N3O2S/c1-2-8-15(11-12-6-5-7-13-12)18(16,17)14-9-3-4-10-14/h12-13H,2-11H2,1H3. The number of rotatable bonds is 6. The highest BCUT2D eigenvalue weighted by Crippen LogP contribution is 2.18. The lowest BCUT2D eigenvalue weighted by Gasteiger charge is -2.29.